The first kappa shape index (κ1) is 32.5. The summed E-state index contributed by atoms with van der Waals surface area (Å²) >= 11 is 1.67. The van der Waals surface area contributed by atoms with E-state index in [4.69, 9.17) is 4.74 Å². The fraction of sp³-hybridized carbons (Fsp3) is 0.607. The van der Waals surface area contributed by atoms with Gasteiger partial charge in [0, 0.05) is 23.4 Å². The number of fused-ring (bicyclic) bond motifs is 1. The molecule has 0 radical (unpaired) electrons. The van der Waals surface area contributed by atoms with Gasteiger partial charge in [-0.25, -0.2) is 9.78 Å². The summed E-state index contributed by atoms with van der Waals surface area (Å²) < 4.78 is 43.8. The quantitative estimate of drug-likeness (QED) is 0.280. The summed E-state index contributed by atoms with van der Waals surface area (Å²) in [4.78, 5) is 30.1. The predicted molar refractivity (Wildman–Crippen MR) is 153 cm³/mol. The lowest BCUT2D eigenvalue weighted by Crippen LogP contribution is -2.47. The maximum absolute atomic E-state index is 13.2. The van der Waals surface area contributed by atoms with E-state index in [1.165, 1.54) is 0 Å². The molecule has 3 N–H and O–H groups in total. The smallest absolute Gasteiger partial charge is 0.407 e. The number of hydrogen-bond acceptors (Lipinski definition) is 6. The van der Waals surface area contributed by atoms with Gasteiger partial charge in [-0.15, -0.1) is 0 Å². The third kappa shape index (κ3) is 10.8. The van der Waals surface area contributed by atoms with Gasteiger partial charge in [-0.3, -0.25) is 4.79 Å². The van der Waals surface area contributed by atoms with E-state index in [0.717, 1.165) is 17.7 Å². The number of thioether (sulfide) groups is 1. The molecule has 0 aliphatic rings. The number of aryl methyl sites for hydroxylation is 1. The Hall–Kier alpha value is -2.69. The van der Waals surface area contributed by atoms with Crippen molar-refractivity contribution in [1.82, 2.24) is 15.6 Å². The number of hydrogen-bond donors (Lipinski definition) is 3. The lowest BCUT2D eigenvalue weighted by Gasteiger charge is -2.24. The first-order chi connectivity index (χ1) is 17.9. The fourth-order valence-electron chi connectivity index (χ4n) is 3.79. The molecule has 2 amide bonds. The molecule has 1 heterocycles. The Bertz CT molecular complexity index is 1160. The van der Waals surface area contributed by atoms with E-state index in [-0.39, 0.29) is 18.3 Å². The number of ether oxygens (including phenoxy) is 1. The number of alkyl halides is 3. The number of carbonyl (C=O) groups is 2. The van der Waals surface area contributed by atoms with Gasteiger partial charge >= 0.3 is 12.3 Å². The van der Waals surface area contributed by atoms with Gasteiger partial charge in [0.15, 0.2) is 0 Å². The summed E-state index contributed by atoms with van der Waals surface area (Å²) in [5.41, 5.74) is 1.45. The standard InChI is InChI=1S/C28H41F3N4O3S/c1-9-10-39-15-19(34-25(37)38-27(6,7)8)14-32-24(36)22-11-17(2)20-12-18(33-16-28(29,30)31)13-21(23(20)35-22)26(3,4)5/h11-13,19,33H,9-10,14-16H2,1-8H3,(H,32,36)(H,34,37). The minimum atomic E-state index is -4.35. The minimum absolute atomic E-state index is 0.181. The van der Waals surface area contributed by atoms with Crippen molar-refractivity contribution in [2.24, 2.45) is 0 Å². The van der Waals surface area contributed by atoms with Gasteiger partial charge in [0.1, 0.15) is 17.8 Å². The molecule has 0 spiro atoms. The molecule has 0 bridgehead atoms. The van der Waals surface area contributed by atoms with E-state index >= 15 is 0 Å². The molecule has 218 valence electrons. The van der Waals surface area contributed by atoms with E-state index in [0.29, 0.717) is 27.9 Å². The summed E-state index contributed by atoms with van der Waals surface area (Å²) in [5, 5.41) is 8.83. The van der Waals surface area contributed by atoms with Crippen LogP contribution in [-0.2, 0) is 10.2 Å². The number of alkyl carbamates (subject to hydrolysis) is 1. The van der Waals surface area contributed by atoms with Crippen molar-refractivity contribution in [2.75, 3.05) is 29.9 Å². The normalized spacial score (nSPS) is 13.2. The van der Waals surface area contributed by atoms with Gasteiger partial charge in [-0.2, -0.15) is 24.9 Å². The number of anilines is 1. The van der Waals surface area contributed by atoms with Crippen LogP contribution >= 0.6 is 11.8 Å². The average Bonchev–Trinajstić information content (AvgIpc) is 2.78. The summed E-state index contributed by atoms with van der Waals surface area (Å²) in [6, 6.07) is 4.56. The van der Waals surface area contributed by atoms with Crippen LogP contribution in [0.15, 0.2) is 18.2 Å². The first-order valence-corrected chi connectivity index (χ1v) is 14.2. The van der Waals surface area contributed by atoms with E-state index in [2.05, 4.69) is 27.9 Å². The molecule has 0 aliphatic carbocycles. The van der Waals surface area contributed by atoms with Crippen molar-refractivity contribution in [3.8, 4) is 0 Å². The number of rotatable bonds is 10. The van der Waals surface area contributed by atoms with Crippen LogP contribution in [0.1, 0.15) is 76.5 Å². The molecular formula is C28H41F3N4O3S. The molecule has 1 atom stereocenters. The number of nitrogens with one attached hydrogen (secondary N) is 3. The van der Waals surface area contributed by atoms with Gasteiger partial charge in [-0.05, 0) is 74.6 Å². The molecule has 1 aromatic heterocycles. The van der Waals surface area contributed by atoms with E-state index in [1.807, 2.05) is 20.8 Å². The predicted octanol–water partition coefficient (Wildman–Crippen LogP) is 6.58. The third-order valence-electron chi connectivity index (χ3n) is 5.55. The maximum atomic E-state index is 13.2. The summed E-state index contributed by atoms with van der Waals surface area (Å²) in [7, 11) is 0. The largest absolute Gasteiger partial charge is 0.444 e. The van der Waals surface area contributed by atoms with Crippen molar-refractivity contribution in [2.45, 2.75) is 85.0 Å². The van der Waals surface area contributed by atoms with Crippen LogP contribution in [0.4, 0.5) is 23.7 Å². The van der Waals surface area contributed by atoms with Crippen LogP contribution in [-0.4, -0.2) is 59.4 Å². The second-order valence-electron chi connectivity index (χ2n) is 11.6. The van der Waals surface area contributed by atoms with Crippen LogP contribution in [0.25, 0.3) is 10.9 Å². The maximum Gasteiger partial charge on any atom is 0.407 e. The zero-order valence-electron chi connectivity index (χ0n) is 24.1. The monoisotopic (exact) mass is 570 g/mol. The van der Waals surface area contributed by atoms with Crippen LogP contribution in [0, 0.1) is 6.92 Å². The Morgan fingerprint density at radius 3 is 2.31 bits per heavy atom. The van der Waals surface area contributed by atoms with Crippen LogP contribution < -0.4 is 16.0 Å². The van der Waals surface area contributed by atoms with Gasteiger partial charge in [-0.1, -0.05) is 27.7 Å². The Labute approximate surface area is 233 Å². The number of pyridine rings is 1. The summed E-state index contributed by atoms with van der Waals surface area (Å²) in [6.07, 6.45) is -3.92. The zero-order valence-corrected chi connectivity index (χ0v) is 24.9. The Kier molecular flexibility index (Phi) is 10.9. The molecule has 7 nitrogen and oxygen atoms in total. The van der Waals surface area contributed by atoms with E-state index < -0.39 is 35.7 Å². The highest BCUT2D eigenvalue weighted by Gasteiger charge is 2.28. The fourth-order valence-corrected chi connectivity index (χ4v) is 4.73. The molecular weight excluding hydrogens is 529 g/mol. The van der Waals surface area contributed by atoms with E-state index in [9.17, 15) is 22.8 Å². The Morgan fingerprint density at radius 2 is 1.74 bits per heavy atom. The van der Waals surface area contributed by atoms with Crippen LogP contribution in [0.2, 0.25) is 0 Å². The first-order valence-electron chi connectivity index (χ1n) is 13.0. The van der Waals surface area contributed by atoms with Crippen molar-refractivity contribution < 1.29 is 27.5 Å². The minimum Gasteiger partial charge on any atom is -0.444 e. The molecule has 1 aromatic carbocycles. The number of halogens is 3. The summed E-state index contributed by atoms with van der Waals surface area (Å²) in [5.74, 6) is 1.11. The third-order valence-corrected chi connectivity index (χ3v) is 6.89. The van der Waals surface area contributed by atoms with E-state index in [1.54, 1.807) is 57.7 Å². The molecule has 2 aromatic rings. The molecule has 0 fully saturated rings. The van der Waals surface area contributed by atoms with Crippen molar-refractivity contribution in [1.29, 1.82) is 0 Å². The van der Waals surface area contributed by atoms with Gasteiger partial charge < -0.3 is 20.7 Å². The van der Waals surface area contributed by atoms with Crippen LogP contribution in [0.5, 0.6) is 0 Å². The second kappa shape index (κ2) is 13.1. The molecule has 1 unspecified atom stereocenters. The van der Waals surface area contributed by atoms with Gasteiger partial charge in [0.25, 0.3) is 5.91 Å². The zero-order chi connectivity index (χ0) is 29.6. The number of amides is 2. The van der Waals surface area contributed by atoms with Gasteiger partial charge in [0.2, 0.25) is 0 Å². The topological polar surface area (TPSA) is 92.4 Å². The number of carbonyl (C=O) groups excluding carboxylic acids is 2. The highest BCUT2D eigenvalue weighted by Crippen LogP contribution is 2.34. The Morgan fingerprint density at radius 1 is 1.08 bits per heavy atom. The highest BCUT2D eigenvalue weighted by molar-refractivity contribution is 7.99. The van der Waals surface area contributed by atoms with Crippen molar-refractivity contribution >= 4 is 40.4 Å². The number of aromatic nitrogens is 1. The lowest BCUT2D eigenvalue weighted by atomic mass is 9.84. The Balaban J connectivity index is 2.31. The SMILES string of the molecule is CCCSCC(CNC(=O)c1cc(C)c2cc(NCC(F)(F)F)cc(C(C)(C)C)c2n1)NC(=O)OC(C)(C)C. The lowest BCUT2D eigenvalue weighted by molar-refractivity contribution is -0.115. The van der Waals surface area contributed by atoms with Crippen molar-refractivity contribution in [3.63, 3.8) is 0 Å². The van der Waals surface area contributed by atoms with Crippen molar-refractivity contribution in [3.05, 3.63) is 35.0 Å². The number of benzene rings is 1. The van der Waals surface area contributed by atoms with Gasteiger partial charge in [0.05, 0.1) is 11.6 Å². The molecule has 0 saturated carbocycles. The molecule has 0 saturated heterocycles. The summed E-state index contributed by atoms with van der Waals surface area (Å²) in [6.45, 7) is 14.1. The second-order valence-corrected chi connectivity index (χ2v) is 12.7. The van der Waals surface area contributed by atoms with Crippen LogP contribution in [0.3, 0.4) is 0 Å². The number of nitrogens with zero attached hydrogens (tertiary/aromatic N) is 1. The molecule has 11 heteroatoms. The average molecular weight is 571 g/mol. The molecule has 0 aliphatic heterocycles. The molecule has 39 heavy (non-hydrogen) atoms. The highest BCUT2D eigenvalue weighted by atomic mass is 32.2. The molecule has 2 rings (SSSR count).